The van der Waals surface area contributed by atoms with Crippen LogP contribution in [-0.4, -0.2) is 16.1 Å². The molecule has 0 amide bonds. The van der Waals surface area contributed by atoms with Crippen molar-refractivity contribution in [2.75, 3.05) is 0 Å². The molecule has 0 aliphatic carbocycles. The number of carboxylic acid groups (broad SMARTS) is 1. The zero-order chi connectivity index (χ0) is 9.42. The van der Waals surface area contributed by atoms with Crippen LogP contribution in [0.2, 0.25) is 0 Å². The van der Waals surface area contributed by atoms with Crippen molar-refractivity contribution in [1.82, 2.24) is 4.98 Å². The Kier molecular flexibility index (Phi) is 1.81. The van der Waals surface area contributed by atoms with E-state index < -0.39 is 5.97 Å². The summed E-state index contributed by atoms with van der Waals surface area (Å²) in [7, 11) is 0. The first kappa shape index (κ1) is 8.25. The normalized spacial score (nSPS) is 10.5. The first-order valence-corrected chi connectivity index (χ1v) is 4.24. The van der Waals surface area contributed by atoms with Gasteiger partial charge in [-0.3, -0.25) is 0 Å². The number of aromatic nitrogens is 1. The molecule has 0 radical (unpaired) electrons. The number of furan rings is 1. The average molecular weight is 242 g/mol. The molecule has 0 aliphatic heterocycles. The number of carboxylic acids is 1. The predicted molar refractivity (Wildman–Crippen MR) is 48.7 cm³/mol. The molecule has 13 heavy (non-hydrogen) atoms. The third-order valence-corrected chi connectivity index (χ3v) is 2.06. The molecule has 2 heterocycles. The van der Waals surface area contributed by atoms with Crippen molar-refractivity contribution in [1.29, 1.82) is 0 Å². The SMILES string of the molecule is O=C(O)c1coc2ncc(Br)cc12. The summed E-state index contributed by atoms with van der Waals surface area (Å²) in [4.78, 5) is 14.6. The fourth-order valence-electron chi connectivity index (χ4n) is 1.06. The molecule has 2 aromatic rings. The Morgan fingerprint density at radius 1 is 1.62 bits per heavy atom. The van der Waals surface area contributed by atoms with Gasteiger partial charge in [-0.2, -0.15) is 0 Å². The highest BCUT2D eigenvalue weighted by Gasteiger charge is 2.12. The van der Waals surface area contributed by atoms with Crippen molar-refractivity contribution in [3.8, 4) is 0 Å². The quantitative estimate of drug-likeness (QED) is 0.833. The van der Waals surface area contributed by atoms with Gasteiger partial charge in [0.05, 0.1) is 5.39 Å². The number of halogens is 1. The number of hydrogen-bond donors (Lipinski definition) is 1. The number of rotatable bonds is 1. The van der Waals surface area contributed by atoms with E-state index in [1.54, 1.807) is 12.3 Å². The van der Waals surface area contributed by atoms with E-state index in [0.717, 1.165) is 4.47 Å². The van der Waals surface area contributed by atoms with E-state index in [1.165, 1.54) is 6.26 Å². The summed E-state index contributed by atoms with van der Waals surface area (Å²) in [6.45, 7) is 0. The molecule has 0 saturated heterocycles. The average Bonchev–Trinajstić information content (AvgIpc) is 2.46. The lowest BCUT2D eigenvalue weighted by Gasteiger charge is -1.90. The van der Waals surface area contributed by atoms with Gasteiger partial charge in [0.1, 0.15) is 11.8 Å². The second-order valence-electron chi connectivity index (χ2n) is 2.46. The van der Waals surface area contributed by atoms with Crippen LogP contribution < -0.4 is 0 Å². The van der Waals surface area contributed by atoms with Crippen molar-refractivity contribution in [3.63, 3.8) is 0 Å². The van der Waals surface area contributed by atoms with Crippen LogP contribution in [-0.2, 0) is 0 Å². The maximum absolute atomic E-state index is 10.7. The lowest BCUT2D eigenvalue weighted by molar-refractivity contribution is 0.0698. The Morgan fingerprint density at radius 2 is 2.38 bits per heavy atom. The van der Waals surface area contributed by atoms with Gasteiger partial charge in [0.25, 0.3) is 0 Å². The van der Waals surface area contributed by atoms with E-state index in [2.05, 4.69) is 20.9 Å². The lowest BCUT2D eigenvalue weighted by Crippen LogP contribution is -1.93. The molecule has 2 rings (SSSR count). The van der Waals surface area contributed by atoms with E-state index in [4.69, 9.17) is 9.52 Å². The third kappa shape index (κ3) is 1.31. The van der Waals surface area contributed by atoms with Gasteiger partial charge in [-0.25, -0.2) is 9.78 Å². The Hall–Kier alpha value is -1.36. The minimum absolute atomic E-state index is 0.129. The van der Waals surface area contributed by atoms with Crippen molar-refractivity contribution in [3.05, 3.63) is 28.6 Å². The number of fused-ring (bicyclic) bond motifs is 1. The molecule has 4 nitrogen and oxygen atoms in total. The molecule has 0 saturated carbocycles. The van der Waals surface area contributed by atoms with E-state index in [1.807, 2.05) is 0 Å². The number of hydrogen-bond acceptors (Lipinski definition) is 3. The van der Waals surface area contributed by atoms with Gasteiger partial charge in [0.15, 0.2) is 0 Å². The molecule has 0 aliphatic rings. The minimum Gasteiger partial charge on any atom is -0.478 e. The van der Waals surface area contributed by atoms with E-state index in [-0.39, 0.29) is 5.56 Å². The minimum atomic E-state index is -1.02. The van der Waals surface area contributed by atoms with Crippen LogP contribution in [0.3, 0.4) is 0 Å². The molecule has 66 valence electrons. The Labute approximate surface area is 81.3 Å². The maximum Gasteiger partial charge on any atom is 0.339 e. The highest BCUT2D eigenvalue weighted by atomic mass is 79.9. The number of aromatic carboxylic acids is 1. The molecule has 2 aromatic heterocycles. The van der Waals surface area contributed by atoms with Crippen LogP contribution in [0.25, 0.3) is 11.1 Å². The van der Waals surface area contributed by atoms with Crippen LogP contribution in [0.5, 0.6) is 0 Å². The summed E-state index contributed by atoms with van der Waals surface area (Å²) in [6.07, 6.45) is 2.74. The van der Waals surface area contributed by atoms with E-state index in [9.17, 15) is 4.79 Å². The Morgan fingerprint density at radius 3 is 3.08 bits per heavy atom. The monoisotopic (exact) mass is 241 g/mol. The summed E-state index contributed by atoms with van der Waals surface area (Å²) >= 11 is 3.20. The zero-order valence-corrected chi connectivity index (χ0v) is 7.91. The van der Waals surface area contributed by atoms with Gasteiger partial charge in [0, 0.05) is 10.7 Å². The second kappa shape index (κ2) is 2.85. The molecule has 0 unspecified atom stereocenters. The largest absolute Gasteiger partial charge is 0.478 e. The first-order valence-electron chi connectivity index (χ1n) is 3.44. The van der Waals surface area contributed by atoms with Gasteiger partial charge in [-0.05, 0) is 22.0 Å². The van der Waals surface area contributed by atoms with E-state index in [0.29, 0.717) is 11.1 Å². The van der Waals surface area contributed by atoms with Crippen molar-refractivity contribution in [2.45, 2.75) is 0 Å². The summed E-state index contributed by atoms with van der Waals surface area (Å²) in [5, 5.41) is 9.26. The van der Waals surface area contributed by atoms with Gasteiger partial charge in [0.2, 0.25) is 5.71 Å². The molecule has 0 atom stereocenters. The number of carbonyl (C=O) groups is 1. The molecule has 5 heteroatoms. The standard InChI is InChI=1S/C8H4BrNO3/c9-4-1-5-6(8(11)12)3-13-7(5)10-2-4/h1-3H,(H,11,12). The molecule has 0 bridgehead atoms. The van der Waals surface area contributed by atoms with Gasteiger partial charge in [-0.1, -0.05) is 0 Å². The first-order chi connectivity index (χ1) is 6.18. The Balaban J connectivity index is 2.79. The predicted octanol–water partition coefficient (Wildman–Crippen LogP) is 2.29. The van der Waals surface area contributed by atoms with Crippen LogP contribution in [0.4, 0.5) is 0 Å². The molecule has 1 N–H and O–H groups in total. The number of nitrogens with zero attached hydrogens (tertiary/aromatic N) is 1. The lowest BCUT2D eigenvalue weighted by atomic mass is 10.2. The Bertz CT molecular complexity index is 477. The summed E-state index contributed by atoms with van der Waals surface area (Å²) in [5.74, 6) is -1.02. The van der Waals surface area contributed by atoms with Gasteiger partial charge >= 0.3 is 5.97 Å². The van der Waals surface area contributed by atoms with Crippen LogP contribution in [0.15, 0.2) is 27.4 Å². The van der Waals surface area contributed by atoms with Gasteiger partial charge in [-0.15, -0.1) is 0 Å². The fourth-order valence-corrected chi connectivity index (χ4v) is 1.39. The maximum atomic E-state index is 10.7. The molecule has 0 aromatic carbocycles. The molecule has 0 spiro atoms. The summed E-state index contributed by atoms with van der Waals surface area (Å²) in [5.41, 5.74) is 0.462. The summed E-state index contributed by atoms with van der Waals surface area (Å²) in [6, 6.07) is 1.66. The second-order valence-corrected chi connectivity index (χ2v) is 3.38. The third-order valence-electron chi connectivity index (χ3n) is 1.63. The number of pyridine rings is 1. The van der Waals surface area contributed by atoms with Crippen LogP contribution in [0.1, 0.15) is 10.4 Å². The van der Waals surface area contributed by atoms with E-state index >= 15 is 0 Å². The molecular weight excluding hydrogens is 238 g/mol. The van der Waals surface area contributed by atoms with Crippen LogP contribution >= 0.6 is 15.9 Å². The highest BCUT2D eigenvalue weighted by molar-refractivity contribution is 9.10. The van der Waals surface area contributed by atoms with Crippen molar-refractivity contribution in [2.24, 2.45) is 0 Å². The summed E-state index contributed by atoms with van der Waals surface area (Å²) < 4.78 is 5.68. The molecular formula is C8H4BrNO3. The fraction of sp³-hybridized carbons (Fsp3) is 0. The smallest absolute Gasteiger partial charge is 0.339 e. The van der Waals surface area contributed by atoms with Gasteiger partial charge < -0.3 is 9.52 Å². The zero-order valence-electron chi connectivity index (χ0n) is 6.32. The topological polar surface area (TPSA) is 63.3 Å². The van der Waals surface area contributed by atoms with Crippen LogP contribution in [0, 0.1) is 0 Å². The highest BCUT2D eigenvalue weighted by Crippen LogP contribution is 2.22. The van der Waals surface area contributed by atoms with Crippen molar-refractivity contribution < 1.29 is 14.3 Å². The van der Waals surface area contributed by atoms with Crippen molar-refractivity contribution >= 4 is 33.0 Å². The molecule has 0 fully saturated rings.